The van der Waals surface area contributed by atoms with Crippen LogP contribution in [-0.4, -0.2) is 37.6 Å². The van der Waals surface area contributed by atoms with Gasteiger partial charge in [0.1, 0.15) is 0 Å². The third kappa shape index (κ3) is 2.56. The molecule has 0 aromatic heterocycles. The van der Waals surface area contributed by atoms with Gasteiger partial charge in [0.05, 0.1) is 11.4 Å². The number of halogens is 2. The van der Waals surface area contributed by atoms with Crippen molar-refractivity contribution in [3.8, 4) is 0 Å². The Bertz CT molecular complexity index is 436. The maximum Gasteiger partial charge on any atom is 0.161 e. The molecular weight excluding hydrogens is 236 g/mol. The zero-order valence-corrected chi connectivity index (χ0v) is 10.8. The SMILES string of the molecule is CC1CN(C)CCCN1c1cc(F)c(F)cc1N. The van der Waals surface area contributed by atoms with E-state index in [1.165, 1.54) is 6.07 Å². The lowest BCUT2D eigenvalue weighted by Crippen LogP contribution is -2.38. The lowest BCUT2D eigenvalue weighted by Gasteiger charge is -2.31. The van der Waals surface area contributed by atoms with E-state index in [1.807, 2.05) is 0 Å². The first kappa shape index (κ1) is 13.1. The smallest absolute Gasteiger partial charge is 0.161 e. The Morgan fingerprint density at radius 3 is 2.61 bits per heavy atom. The van der Waals surface area contributed by atoms with Gasteiger partial charge in [-0.15, -0.1) is 0 Å². The summed E-state index contributed by atoms with van der Waals surface area (Å²) in [5, 5.41) is 0. The minimum atomic E-state index is -0.893. The molecule has 0 saturated carbocycles. The number of nitrogens with zero attached hydrogens (tertiary/aromatic N) is 2. The van der Waals surface area contributed by atoms with E-state index in [9.17, 15) is 8.78 Å². The first-order chi connectivity index (χ1) is 8.49. The molecule has 1 aliphatic heterocycles. The van der Waals surface area contributed by atoms with Crippen molar-refractivity contribution in [3.63, 3.8) is 0 Å². The van der Waals surface area contributed by atoms with Gasteiger partial charge in [-0.25, -0.2) is 8.78 Å². The van der Waals surface area contributed by atoms with Crippen LogP contribution in [0.25, 0.3) is 0 Å². The first-order valence-electron chi connectivity index (χ1n) is 6.18. The minimum Gasteiger partial charge on any atom is -0.397 e. The second kappa shape index (κ2) is 5.10. The lowest BCUT2D eigenvalue weighted by atomic mass is 10.2. The van der Waals surface area contributed by atoms with Crippen molar-refractivity contribution in [2.24, 2.45) is 0 Å². The van der Waals surface area contributed by atoms with E-state index in [0.717, 1.165) is 32.1 Å². The van der Waals surface area contributed by atoms with Gasteiger partial charge in [-0.3, -0.25) is 0 Å². The van der Waals surface area contributed by atoms with Crippen LogP contribution in [0.3, 0.4) is 0 Å². The molecule has 2 rings (SSSR count). The largest absolute Gasteiger partial charge is 0.397 e. The molecular formula is C13H19F2N3. The Morgan fingerprint density at radius 2 is 1.89 bits per heavy atom. The minimum absolute atomic E-state index is 0.227. The molecule has 1 fully saturated rings. The van der Waals surface area contributed by atoms with Gasteiger partial charge in [-0.05, 0) is 26.9 Å². The summed E-state index contributed by atoms with van der Waals surface area (Å²) in [5.74, 6) is -1.74. The third-order valence-electron chi connectivity index (χ3n) is 3.43. The molecule has 100 valence electrons. The van der Waals surface area contributed by atoms with Gasteiger partial charge in [0.25, 0.3) is 0 Å². The average molecular weight is 255 g/mol. The number of rotatable bonds is 1. The standard InChI is InChI=1S/C13H19F2N3/c1-9-8-17(2)4-3-5-18(9)13-7-11(15)10(14)6-12(13)16/h6-7,9H,3-5,8,16H2,1-2H3. The highest BCUT2D eigenvalue weighted by atomic mass is 19.2. The Hall–Kier alpha value is -1.36. The molecule has 0 amide bonds. The quantitative estimate of drug-likeness (QED) is 0.780. The molecule has 1 heterocycles. The van der Waals surface area contributed by atoms with Crippen LogP contribution in [-0.2, 0) is 0 Å². The maximum absolute atomic E-state index is 13.4. The molecule has 2 N–H and O–H groups in total. The summed E-state index contributed by atoms with van der Waals surface area (Å²) in [6, 6.07) is 2.49. The topological polar surface area (TPSA) is 32.5 Å². The van der Waals surface area contributed by atoms with Gasteiger partial charge in [0.2, 0.25) is 0 Å². The van der Waals surface area contributed by atoms with Crippen molar-refractivity contribution >= 4 is 11.4 Å². The number of likely N-dealkylation sites (N-methyl/N-ethyl adjacent to an activating group) is 1. The molecule has 1 unspecified atom stereocenters. The molecule has 3 nitrogen and oxygen atoms in total. The first-order valence-corrected chi connectivity index (χ1v) is 6.18. The van der Waals surface area contributed by atoms with Gasteiger partial charge < -0.3 is 15.5 Å². The Balaban J connectivity index is 2.32. The zero-order valence-electron chi connectivity index (χ0n) is 10.8. The molecule has 5 heteroatoms. The van der Waals surface area contributed by atoms with Crippen LogP contribution >= 0.6 is 0 Å². The van der Waals surface area contributed by atoms with Gasteiger partial charge in [0.15, 0.2) is 11.6 Å². The van der Waals surface area contributed by atoms with Gasteiger partial charge in [-0.1, -0.05) is 0 Å². The van der Waals surface area contributed by atoms with Gasteiger partial charge in [0, 0.05) is 31.3 Å². The van der Waals surface area contributed by atoms with Crippen LogP contribution in [0.15, 0.2) is 12.1 Å². The van der Waals surface area contributed by atoms with Crippen molar-refractivity contribution in [3.05, 3.63) is 23.8 Å². The fourth-order valence-corrected chi connectivity index (χ4v) is 2.53. The summed E-state index contributed by atoms with van der Waals surface area (Å²) in [6.07, 6.45) is 0.985. The molecule has 0 bridgehead atoms. The van der Waals surface area contributed by atoms with Crippen molar-refractivity contribution in [2.75, 3.05) is 37.3 Å². The van der Waals surface area contributed by atoms with Crippen LogP contribution in [0.5, 0.6) is 0 Å². The van der Waals surface area contributed by atoms with Crippen LogP contribution in [0.4, 0.5) is 20.2 Å². The summed E-state index contributed by atoms with van der Waals surface area (Å²) in [7, 11) is 2.06. The monoisotopic (exact) mass is 255 g/mol. The molecule has 0 radical (unpaired) electrons. The van der Waals surface area contributed by atoms with E-state index < -0.39 is 11.6 Å². The van der Waals surface area contributed by atoms with Crippen molar-refractivity contribution in [1.82, 2.24) is 4.90 Å². The van der Waals surface area contributed by atoms with E-state index >= 15 is 0 Å². The number of nitrogens with two attached hydrogens (primary N) is 1. The van der Waals surface area contributed by atoms with Crippen LogP contribution in [0, 0.1) is 11.6 Å². The summed E-state index contributed by atoms with van der Waals surface area (Å²) >= 11 is 0. The van der Waals surface area contributed by atoms with Crippen molar-refractivity contribution in [1.29, 1.82) is 0 Å². The van der Waals surface area contributed by atoms with E-state index in [4.69, 9.17) is 5.73 Å². The van der Waals surface area contributed by atoms with Crippen LogP contribution in [0.2, 0.25) is 0 Å². The highest BCUT2D eigenvalue weighted by molar-refractivity contribution is 5.68. The number of hydrogen-bond donors (Lipinski definition) is 1. The molecule has 1 atom stereocenters. The molecule has 0 spiro atoms. The fourth-order valence-electron chi connectivity index (χ4n) is 2.53. The number of anilines is 2. The van der Waals surface area contributed by atoms with E-state index in [-0.39, 0.29) is 6.04 Å². The Kier molecular flexibility index (Phi) is 3.71. The highest BCUT2D eigenvalue weighted by Gasteiger charge is 2.22. The van der Waals surface area contributed by atoms with E-state index in [2.05, 4.69) is 23.8 Å². The summed E-state index contributed by atoms with van der Waals surface area (Å²) in [5.41, 5.74) is 6.70. The summed E-state index contributed by atoms with van der Waals surface area (Å²) < 4.78 is 26.4. The average Bonchev–Trinajstić information content (AvgIpc) is 2.45. The molecule has 0 aliphatic carbocycles. The summed E-state index contributed by atoms with van der Waals surface area (Å²) in [4.78, 5) is 4.29. The number of benzene rings is 1. The summed E-state index contributed by atoms with van der Waals surface area (Å²) in [6.45, 7) is 4.77. The predicted octanol–water partition coefficient (Wildman–Crippen LogP) is 2.08. The maximum atomic E-state index is 13.4. The molecule has 1 saturated heterocycles. The van der Waals surface area contributed by atoms with Crippen LogP contribution in [0.1, 0.15) is 13.3 Å². The molecule has 1 aromatic rings. The fraction of sp³-hybridized carbons (Fsp3) is 0.538. The highest BCUT2D eigenvalue weighted by Crippen LogP contribution is 2.29. The van der Waals surface area contributed by atoms with E-state index in [1.54, 1.807) is 0 Å². The molecule has 1 aromatic carbocycles. The van der Waals surface area contributed by atoms with Gasteiger partial charge in [-0.2, -0.15) is 0 Å². The Labute approximate surface area is 106 Å². The second-order valence-corrected chi connectivity index (χ2v) is 4.98. The van der Waals surface area contributed by atoms with E-state index in [0.29, 0.717) is 11.4 Å². The number of nitrogen functional groups attached to an aromatic ring is 1. The predicted molar refractivity (Wildman–Crippen MR) is 69.7 cm³/mol. The zero-order chi connectivity index (χ0) is 13.3. The lowest BCUT2D eigenvalue weighted by molar-refractivity contribution is 0.337. The number of hydrogen-bond acceptors (Lipinski definition) is 3. The van der Waals surface area contributed by atoms with Crippen molar-refractivity contribution in [2.45, 2.75) is 19.4 Å². The molecule has 1 aliphatic rings. The van der Waals surface area contributed by atoms with Crippen LogP contribution < -0.4 is 10.6 Å². The van der Waals surface area contributed by atoms with Crippen molar-refractivity contribution < 1.29 is 8.78 Å². The molecule has 18 heavy (non-hydrogen) atoms. The Morgan fingerprint density at radius 1 is 1.22 bits per heavy atom. The normalized spacial score (nSPS) is 22.0. The third-order valence-corrected chi connectivity index (χ3v) is 3.43. The second-order valence-electron chi connectivity index (χ2n) is 4.98. The van der Waals surface area contributed by atoms with Gasteiger partial charge >= 0.3 is 0 Å².